The molecule has 0 radical (unpaired) electrons. The van der Waals surface area contributed by atoms with E-state index in [1.807, 2.05) is 60.7 Å². The van der Waals surface area contributed by atoms with E-state index in [1.54, 1.807) is 12.1 Å². The number of fused-ring (bicyclic) bond motifs is 1. The predicted octanol–water partition coefficient (Wildman–Crippen LogP) is 5.01. The van der Waals surface area contributed by atoms with Crippen LogP contribution in [0.25, 0.3) is 10.8 Å². The van der Waals surface area contributed by atoms with Gasteiger partial charge in [-0.05, 0) is 47.9 Å². The average molecular weight is 418 g/mol. The summed E-state index contributed by atoms with van der Waals surface area (Å²) in [5.41, 5.74) is 3.39. The number of rotatable bonds is 9. The van der Waals surface area contributed by atoms with Crippen molar-refractivity contribution in [2.75, 3.05) is 5.32 Å². The molecule has 2 amide bonds. The summed E-state index contributed by atoms with van der Waals surface area (Å²) in [4.78, 5) is 40.8. The number of hydrogen-bond donors (Lipinski definition) is 2. The van der Waals surface area contributed by atoms with E-state index in [9.17, 15) is 14.4 Å². The lowest BCUT2D eigenvalue weighted by atomic mass is 10.1. The van der Waals surface area contributed by atoms with E-state index in [0.29, 0.717) is 18.4 Å². The molecule has 3 aromatic carbocycles. The molecule has 3 rings (SSSR count). The van der Waals surface area contributed by atoms with E-state index in [0.717, 1.165) is 35.7 Å². The lowest BCUT2D eigenvalue weighted by molar-refractivity contribution is -0.130. The zero-order valence-electron chi connectivity index (χ0n) is 17.3. The number of para-hydroxylation sites is 1. The molecule has 0 heterocycles. The highest BCUT2D eigenvalue weighted by Crippen LogP contribution is 2.16. The van der Waals surface area contributed by atoms with Crippen LogP contribution in [0.3, 0.4) is 0 Å². The van der Waals surface area contributed by atoms with Crippen LogP contribution in [0.5, 0.6) is 0 Å². The summed E-state index contributed by atoms with van der Waals surface area (Å²) >= 11 is 0. The number of carbonyl (C=O) groups is 3. The lowest BCUT2D eigenvalue weighted by Gasteiger charge is -2.07. The first kappa shape index (κ1) is 22.0. The van der Waals surface area contributed by atoms with Crippen molar-refractivity contribution in [1.29, 1.82) is 0 Å². The lowest BCUT2D eigenvalue weighted by Crippen LogP contribution is -2.26. The fourth-order valence-electron chi connectivity index (χ4n) is 3.20. The average Bonchev–Trinajstić information content (AvgIpc) is 2.80. The second kappa shape index (κ2) is 11.5. The highest BCUT2D eigenvalue weighted by molar-refractivity contribution is 5.95. The van der Waals surface area contributed by atoms with Crippen molar-refractivity contribution in [3.05, 3.63) is 78.4 Å². The predicted molar refractivity (Wildman–Crippen MR) is 120 cm³/mol. The summed E-state index contributed by atoms with van der Waals surface area (Å²) in [6, 6.07) is 22.3. The highest BCUT2D eigenvalue weighted by atomic mass is 16.7. The molecule has 0 aliphatic heterocycles. The first-order valence-corrected chi connectivity index (χ1v) is 10.5. The van der Waals surface area contributed by atoms with Gasteiger partial charge in [0.25, 0.3) is 5.91 Å². The van der Waals surface area contributed by atoms with Gasteiger partial charge in [0.15, 0.2) is 0 Å². The smallest absolute Gasteiger partial charge is 0.335 e. The van der Waals surface area contributed by atoms with Crippen LogP contribution in [0.4, 0.5) is 5.69 Å². The maximum Gasteiger partial charge on any atom is 0.362 e. The van der Waals surface area contributed by atoms with Crippen LogP contribution < -0.4 is 10.8 Å². The number of unbranched alkanes of at least 4 members (excludes halogenated alkanes) is 3. The maximum absolute atomic E-state index is 12.1. The minimum Gasteiger partial charge on any atom is -0.335 e. The second-order valence-electron chi connectivity index (χ2n) is 7.31. The van der Waals surface area contributed by atoms with Crippen molar-refractivity contribution < 1.29 is 19.2 Å². The molecule has 0 atom stereocenters. The zero-order valence-corrected chi connectivity index (χ0v) is 17.3. The molecule has 0 aliphatic carbocycles. The van der Waals surface area contributed by atoms with E-state index < -0.39 is 5.97 Å². The Morgan fingerprint density at radius 2 is 1.32 bits per heavy atom. The summed E-state index contributed by atoms with van der Waals surface area (Å²) < 4.78 is 0. The van der Waals surface area contributed by atoms with Gasteiger partial charge in [0.2, 0.25) is 5.91 Å². The van der Waals surface area contributed by atoms with Crippen LogP contribution in [0.2, 0.25) is 0 Å². The van der Waals surface area contributed by atoms with E-state index >= 15 is 0 Å². The van der Waals surface area contributed by atoms with Gasteiger partial charge in [-0.25, -0.2) is 4.79 Å². The molecule has 0 saturated heterocycles. The standard InChI is InChI=1S/C25H26N2O4/c28-23(26-22-12-4-3-5-13-22)14-6-1-2-7-15-24(29)27-31-25(30)21-17-16-19-10-8-9-11-20(19)18-21/h3-5,8-13,16-18H,1-2,6-7,14-15H2,(H,26,28)(H,27,29). The quantitative estimate of drug-likeness (QED) is 0.378. The van der Waals surface area contributed by atoms with Crippen LogP contribution in [-0.2, 0) is 14.4 Å². The van der Waals surface area contributed by atoms with Crippen molar-refractivity contribution in [3.8, 4) is 0 Å². The Hall–Kier alpha value is -3.67. The van der Waals surface area contributed by atoms with Crippen LogP contribution in [0.15, 0.2) is 72.8 Å². The highest BCUT2D eigenvalue weighted by Gasteiger charge is 2.10. The number of nitrogens with one attached hydrogen (secondary N) is 2. The fourth-order valence-corrected chi connectivity index (χ4v) is 3.20. The van der Waals surface area contributed by atoms with Crippen molar-refractivity contribution in [1.82, 2.24) is 5.48 Å². The van der Waals surface area contributed by atoms with Crippen LogP contribution in [-0.4, -0.2) is 17.8 Å². The van der Waals surface area contributed by atoms with Gasteiger partial charge in [-0.1, -0.05) is 61.4 Å². The van der Waals surface area contributed by atoms with Gasteiger partial charge in [-0.15, -0.1) is 0 Å². The third kappa shape index (κ3) is 7.26. The zero-order chi connectivity index (χ0) is 21.9. The molecule has 3 aromatic rings. The van der Waals surface area contributed by atoms with E-state index in [-0.39, 0.29) is 18.2 Å². The van der Waals surface area contributed by atoms with Crippen molar-refractivity contribution in [3.63, 3.8) is 0 Å². The van der Waals surface area contributed by atoms with Gasteiger partial charge in [0.1, 0.15) is 0 Å². The fraction of sp³-hybridized carbons (Fsp3) is 0.240. The summed E-state index contributed by atoms with van der Waals surface area (Å²) in [6.45, 7) is 0. The molecule has 0 fully saturated rings. The van der Waals surface area contributed by atoms with Crippen LogP contribution in [0, 0.1) is 0 Å². The van der Waals surface area contributed by atoms with Crippen LogP contribution >= 0.6 is 0 Å². The first-order valence-electron chi connectivity index (χ1n) is 10.5. The molecule has 0 spiro atoms. The molecular formula is C25H26N2O4. The van der Waals surface area contributed by atoms with Crippen molar-refractivity contribution in [2.24, 2.45) is 0 Å². The third-order valence-electron chi connectivity index (χ3n) is 4.86. The Kier molecular flexibility index (Phi) is 8.17. The van der Waals surface area contributed by atoms with Gasteiger partial charge >= 0.3 is 5.97 Å². The van der Waals surface area contributed by atoms with Crippen molar-refractivity contribution in [2.45, 2.75) is 38.5 Å². The molecular weight excluding hydrogens is 392 g/mol. The molecule has 2 N–H and O–H groups in total. The number of amides is 2. The van der Waals surface area contributed by atoms with Gasteiger partial charge in [-0.3, -0.25) is 9.59 Å². The maximum atomic E-state index is 12.1. The number of hydrogen-bond acceptors (Lipinski definition) is 4. The van der Waals surface area contributed by atoms with Gasteiger partial charge < -0.3 is 10.2 Å². The molecule has 6 heteroatoms. The molecule has 31 heavy (non-hydrogen) atoms. The number of benzene rings is 3. The molecule has 0 aliphatic rings. The summed E-state index contributed by atoms with van der Waals surface area (Å²) in [6.07, 6.45) is 3.82. The largest absolute Gasteiger partial charge is 0.362 e. The molecule has 160 valence electrons. The Morgan fingerprint density at radius 1 is 0.677 bits per heavy atom. The van der Waals surface area contributed by atoms with Gasteiger partial charge in [0, 0.05) is 18.5 Å². The van der Waals surface area contributed by atoms with E-state index in [4.69, 9.17) is 4.84 Å². The molecule has 0 aromatic heterocycles. The first-order chi connectivity index (χ1) is 15.1. The number of anilines is 1. The van der Waals surface area contributed by atoms with E-state index in [1.165, 1.54) is 0 Å². The summed E-state index contributed by atoms with van der Waals surface area (Å²) in [5, 5.41) is 4.81. The SMILES string of the molecule is O=C(CCCCCCC(=O)Nc1ccccc1)NOC(=O)c1ccc2ccccc2c1. The topological polar surface area (TPSA) is 84.5 Å². The van der Waals surface area contributed by atoms with Crippen molar-refractivity contribution >= 4 is 34.2 Å². The van der Waals surface area contributed by atoms with Gasteiger partial charge in [-0.2, -0.15) is 5.48 Å². The van der Waals surface area contributed by atoms with E-state index in [2.05, 4.69) is 10.8 Å². The third-order valence-corrected chi connectivity index (χ3v) is 4.86. The minimum atomic E-state index is -0.594. The molecule has 0 unspecified atom stereocenters. The minimum absolute atomic E-state index is 0.00968. The Labute approximate surface area is 181 Å². The second-order valence-corrected chi connectivity index (χ2v) is 7.31. The summed E-state index contributed by atoms with van der Waals surface area (Å²) in [5.74, 6) is -0.941. The number of hydroxylamine groups is 1. The molecule has 6 nitrogen and oxygen atoms in total. The van der Waals surface area contributed by atoms with Crippen LogP contribution in [0.1, 0.15) is 48.9 Å². The monoisotopic (exact) mass is 418 g/mol. The Balaban J connectivity index is 1.27. The molecule has 0 bridgehead atoms. The van der Waals surface area contributed by atoms with Gasteiger partial charge in [0.05, 0.1) is 5.56 Å². The number of carbonyl (C=O) groups excluding carboxylic acids is 3. The Bertz CT molecular complexity index is 1030. The molecule has 0 saturated carbocycles. The summed E-state index contributed by atoms with van der Waals surface area (Å²) in [7, 11) is 0. The Morgan fingerprint density at radius 3 is 2.06 bits per heavy atom. The normalized spacial score (nSPS) is 10.5.